The van der Waals surface area contributed by atoms with Gasteiger partial charge in [0.15, 0.2) is 0 Å². The molecule has 0 radical (unpaired) electrons. The minimum atomic E-state index is 1.17. The Bertz CT molecular complexity index is 841. The lowest BCUT2D eigenvalue weighted by molar-refractivity contribution is -0.310. The Hall–Kier alpha value is -2.67. The molecule has 0 amide bonds. The van der Waals surface area contributed by atoms with Crippen molar-refractivity contribution in [3.63, 3.8) is 0 Å². The van der Waals surface area contributed by atoms with Crippen LogP contribution in [0.15, 0.2) is 78.9 Å². The van der Waals surface area contributed by atoms with E-state index in [9.17, 15) is 0 Å². The summed E-state index contributed by atoms with van der Waals surface area (Å²) >= 11 is 0. The largest absolute Gasteiger partial charge is 0.211 e. The summed E-state index contributed by atoms with van der Waals surface area (Å²) in [4.78, 5) is 3.52. The molecule has 0 aliphatic carbocycles. The molecule has 0 unspecified atom stereocenters. The van der Waals surface area contributed by atoms with Crippen LogP contribution in [0.3, 0.4) is 0 Å². The van der Waals surface area contributed by atoms with Crippen LogP contribution in [0.5, 0.6) is 0 Å². The van der Waals surface area contributed by atoms with Gasteiger partial charge in [0.1, 0.15) is 0 Å². The van der Waals surface area contributed by atoms with Crippen LogP contribution in [0, 0.1) is 0 Å². The number of hydrogen-bond donors (Lipinski definition) is 0. The minimum Gasteiger partial charge on any atom is -0.204 e. The Morgan fingerprint density at radius 2 is 1.00 bits per heavy atom. The summed E-state index contributed by atoms with van der Waals surface area (Å²) in [5.41, 5.74) is 4.90. The second-order valence-electron chi connectivity index (χ2n) is 4.96. The van der Waals surface area contributed by atoms with Gasteiger partial charge in [0, 0.05) is 17.7 Å². The molecule has 0 atom stereocenters. The van der Waals surface area contributed by atoms with E-state index in [0.29, 0.717) is 0 Å². The van der Waals surface area contributed by atoms with Gasteiger partial charge in [-0.2, -0.15) is 0 Å². The number of para-hydroxylation sites is 2. The molecule has 1 nitrogen and oxygen atoms in total. The molecule has 3 aromatic carbocycles. The van der Waals surface area contributed by atoms with Crippen molar-refractivity contribution in [2.75, 3.05) is 0 Å². The number of aromatic amines is 1. The van der Waals surface area contributed by atoms with E-state index in [4.69, 9.17) is 0 Å². The van der Waals surface area contributed by atoms with E-state index >= 15 is 0 Å². The van der Waals surface area contributed by atoms with Gasteiger partial charge >= 0.3 is 0 Å². The van der Waals surface area contributed by atoms with Crippen LogP contribution >= 0.6 is 0 Å². The fourth-order valence-electron chi connectivity index (χ4n) is 2.83. The molecule has 20 heavy (non-hydrogen) atoms. The molecule has 0 aliphatic heterocycles. The van der Waals surface area contributed by atoms with Gasteiger partial charge in [0.25, 0.3) is 0 Å². The van der Waals surface area contributed by atoms with Crippen molar-refractivity contribution < 1.29 is 4.98 Å². The maximum atomic E-state index is 3.52. The zero-order valence-electron chi connectivity index (χ0n) is 11.0. The van der Waals surface area contributed by atoms with Crippen LogP contribution in [0.4, 0.5) is 0 Å². The van der Waals surface area contributed by atoms with E-state index in [-0.39, 0.29) is 0 Å². The second-order valence-corrected chi connectivity index (χ2v) is 4.96. The van der Waals surface area contributed by atoms with E-state index in [2.05, 4.69) is 83.8 Å². The lowest BCUT2D eigenvalue weighted by Gasteiger charge is -2.07. The number of fused-ring (bicyclic) bond motifs is 2. The summed E-state index contributed by atoms with van der Waals surface area (Å²) in [6.45, 7) is 0. The zero-order valence-corrected chi connectivity index (χ0v) is 11.0. The Labute approximate surface area is 117 Å². The van der Waals surface area contributed by atoms with Crippen molar-refractivity contribution in [1.82, 2.24) is 0 Å². The number of hydrogen-bond acceptors (Lipinski definition) is 0. The van der Waals surface area contributed by atoms with E-state index < -0.39 is 0 Å². The van der Waals surface area contributed by atoms with Gasteiger partial charge in [-0.3, -0.25) is 0 Å². The van der Waals surface area contributed by atoms with E-state index in [0.717, 1.165) is 0 Å². The summed E-state index contributed by atoms with van der Waals surface area (Å²) < 4.78 is 0. The van der Waals surface area contributed by atoms with Crippen molar-refractivity contribution in [2.24, 2.45) is 0 Å². The fraction of sp³-hybridized carbons (Fsp3) is 0. The highest BCUT2D eigenvalue weighted by molar-refractivity contribution is 6.06. The Morgan fingerprint density at radius 3 is 1.60 bits per heavy atom. The third-order valence-electron chi connectivity index (χ3n) is 3.72. The third kappa shape index (κ3) is 1.68. The monoisotopic (exact) mass is 256 g/mol. The summed E-state index contributed by atoms with van der Waals surface area (Å²) in [6.07, 6.45) is 0. The lowest BCUT2D eigenvalue weighted by atomic mass is 9.96. The highest BCUT2D eigenvalue weighted by Gasteiger charge is 2.14. The minimum absolute atomic E-state index is 1.17. The summed E-state index contributed by atoms with van der Waals surface area (Å²) in [7, 11) is 0. The highest BCUT2D eigenvalue weighted by atomic mass is 14.7. The zero-order chi connectivity index (χ0) is 13.4. The smallest absolute Gasteiger partial charge is 0.204 e. The van der Waals surface area contributed by atoms with Crippen LogP contribution in [-0.2, 0) is 0 Å². The molecule has 0 spiro atoms. The summed E-state index contributed by atoms with van der Waals surface area (Å²) in [5, 5.41) is 2.52. The summed E-state index contributed by atoms with van der Waals surface area (Å²) in [6, 6.07) is 27.6. The molecular weight excluding hydrogens is 242 g/mol. The van der Waals surface area contributed by atoms with Gasteiger partial charge < -0.3 is 0 Å². The summed E-state index contributed by atoms with van der Waals surface area (Å²) in [5.74, 6) is 0. The molecule has 1 N–H and O–H groups in total. The standard InChI is InChI=1S/C19H13N/c1-2-8-14(9-3-1)19-15-10-4-6-12-17(15)20-18-13-7-5-11-16(18)19/h1-13H/p+1. The van der Waals surface area contributed by atoms with Crippen LogP contribution < -0.4 is 4.98 Å². The van der Waals surface area contributed by atoms with Gasteiger partial charge in [-0.1, -0.05) is 54.6 Å². The van der Waals surface area contributed by atoms with E-state index in [1.165, 1.54) is 32.9 Å². The number of aromatic nitrogens is 1. The Balaban J connectivity index is 2.24. The molecule has 0 aliphatic rings. The van der Waals surface area contributed by atoms with Crippen LogP contribution in [0.25, 0.3) is 32.9 Å². The molecule has 94 valence electrons. The number of nitrogens with one attached hydrogen (secondary N) is 1. The second kappa shape index (κ2) is 4.46. The normalized spacial score (nSPS) is 11.0. The molecule has 1 heterocycles. The first kappa shape index (κ1) is 11.2. The average molecular weight is 256 g/mol. The van der Waals surface area contributed by atoms with Gasteiger partial charge in [-0.05, 0) is 17.7 Å². The Morgan fingerprint density at radius 1 is 0.500 bits per heavy atom. The van der Waals surface area contributed by atoms with Gasteiger partial charge in [0.05, 0.1) is 10.8 Å². The molecule has 4 rings (SSSR count). The maximum absolute atomic E-state index is 3.52. The quantitative estimate of drug-likeness (QED) is 0.446. The van der Waals surface area contributed by atoms with Crippen molar-refractivity contribution in [3.8, 4) is 11.1 Å². The molecule has 0 fully saturated rings. The first-order valence-corrected chi connectivity index (χ1v) is 6.82. The van der Waals surface area contributed by atoms with Gasteiger partial charge in [-0.15, -0.1) is 0 Å². The fourth-order valence-corrected chi connectivity index (χ4v) is 2.83. The van der Waals surface area contributed by atoms with Crippen LogP contribution in [0.1, 0.15) is 0 Å². The molecule has 1 aromatic heterocycles. The molecule has 4 aromatic rings. The first-order chi connectivity index (χ1) is 9.93. The average Bonchev–Trinajstić information content (AvgIpc) is 2.53. The lowest BCUT2D eigenvalue weighted by Crippen LogP contribution is -2.06. The SMILES string of the molecule is c1ccc(-c2c3ccccc3[nH+]c3ccccc23)cc1. The maximum Gasteiger partial charge on any atom is 0.211 e. The molecule has 1 heteroatoms. The van der Waals surface area contributed by atoms with E-state index in [1.54, 1.807) is 0 Å². The van der Waals surface area contributed by atoms with Crippen LogP contribution in [-0.4, -0.2) is 0 Å². The molecule has 0 bridgehead atoms. The number of rotatable bonds is 1. The molecule has 0 saturated carbocycles. The van der Waals surface area contributed by atoms with Crippen molar-refractivity contribution in [2.45, 2.75) is 0 Å². The van der Waals surface area contributed by atoms with Crippen LogP contribution in [0.2, 0.25) is 0 Å². The third-order valence-corrected chi connectivity index (χ3v) is 3.72. The number of benzene rings is 3. The number of H-pyrrole nitrogens is 1. The molecule has 0 saturated heterocycles. The van der Waals surface area contributed by atoms with Crippen molar-refractivity contribution in [3.05, 3.63) is 78.9 Å². The molecular formula is C19H14N+. The topological polar surface area (TPSA) is 14.1 Å². The predicted molar refractivity (Wildman–Crippen MR) is 83.4 cm³/mol. The highest BCUT2D eigenvalue weighted by Crippen LogP contribution is 2.32. The van der Waals surface area contributed by atoms with Gasteiger partial charge in [-0.25, -0.2) is 4.98 Å². The van der Waals surface area contributed by atoms with Crippen molar-refractivity contribution >= 4 is 21.8 Å². The van der Waals surface area contributed by atoms with Crippen molar-refractivity contribution in [1.29, 1.82) is 0 Å². The van der Waals surface area contributed by atoms with E-state index in [1.807, 2.05) is 0 Å². The van der Waals surface area contributed by atoms with Gasteiger partial charge in [0.2, 0.25) is 11.0 Å². The predicted octanol–water partition coefficient (Wildman–Crippen LogP) is 4.47. The Kier molecular flexibility index (Phi) is 2.49. The number of pyridine rings is 1. The first-order valence-electron chi connectivity index (χ1n) is 6.82.